The van der Waals surface area contributed by atoms with E-state index in [1.807, 2.05) is 13.0 Å². The minimum atomic E-state index is 0.115. The van der Waals surface area contributed by atoms with Gasteiger partial charge in [0.2, 0.25) is 0 Å². The number of hydrogen-bond donors (Lipinski definition) is 1. The van der Waals surface area contributed by atoms with Crippen molar-refractivity contribution in [3.05, 3.63) is 53.1 Å². The van der Waals surface area contributed by atoms with Crippen LogP contribution < -0.4 is 0 Å². The fourth-order valence-corrected chi connectivity index (χ4v) is 2.12. The van der Waals surface area contributed by atoms with Crippen LogP contribution in [0.5, 0.6) is 5.75 Å². The molecule has 1 N–H and O–H groups in total. The first-order valence-electron chi connectivity index (χ1n) is 8.83. The molecule has 0 heterocycles. The summed E-state index contributed by atoms with van der Waals surface area (Å²) in [6.07, 6.45) is 8.50. The van der Waals surface area contributed by atoms with E-state index in [0.717, 1.165) is 12.0 Å². The molecular formula is C23H35OTi. The molecule has 0 unspecified atom stereocenters. The molecule has 1 aliphatic rings. The summed E-state index contributed by atoms with van der Waals surface area (Å²) < 4.78 is 1.42. The van der Waals surface area contributed by atoms with E-state index in [9.17, 15) is 5.11 Å². The van der Waals surface area contributed by atoms with Crippen molar-refractivity contribution in [1.82, 2.24) is 0 Å². The standard InChI is InChI=1S/C11H16O.C9H13.C3H6.Ti/c1-8-5-9(11(2,3)4)7-10(12)6-8;1-9(2,3)8-6-4-5-7-8;1-3-2;/h5-7,12H,1-4H3;6-7H,4H2,1-3H3;1-2H3;/q;-1;;+1. The predicted molar refractivity (Wildman–Crippen MR) is 108 cm³/mol. The van der Waals surface area contributed by atoms with Gasteiger partial charge in [-0.1, -0.05) is 53.0 Å². The van der Waals surface area contributed by atoms with E-state index in [1.165, 1.54) is 14.9 Å². The van der Waals surface area contributed by atoms with Crippen LogP contribution in [0, 0.1) is 18.4 Å². The van der Waals surface area contributed by atoms with Gasteiger partial charge in [-0.3, -0.25) is 6.08 Å². The van der Waals surface area contributed by atoms with Gasteiger partial charge in [-0.25, -0.2) is 6.08 Å². The Bertz CT molecular complexity index is 598. The number of phenolic OH excluding ortho intramolecular Hbond substituents is 1. The van der Waals surface area contributed by atoms with Crippen molar-refractivity contribution in [2.24, 2.45) is 5.41 Å². The fraction of sp³-hybridized carbons (Fsp3) is 0.522. The van der Waals surface area contributed by atoms with Gasteiger partial charge < -0.3 is 5.11 Å². The molecule has 0 atom stereocenters. The second-order valence-corrected chi connectivity index (χ2v) is 10.3. The van der Waals surface area contributed by atoms with Gasteiger partial charge in [0.25, 0.3) is 0 Å². The number of aromatic hydroxyl groups is 1. The monoisotopic (exact) mass is 375 g/mol. The number of aryl methyl sites for hydroxylation is 1. The Morgan fingerprint density at radius 3 is 1.80 bits per heavy atom. The van der Waals surface area contributed by atoms with Crippen molar-refractivity contribution in [2.45, 2.75) is 74.1 Å². The third-order valence-electron chi connectivity index (χ3n) is 3.49. The predicted octanol–water partition coefficient (Wildman–Crippen LogP) is 6.47. The third kappa shape index (κ3) is 11.3. The molecule has 2 heteroatoms. The summed E-state index contributed by atoms with van der Waals surface area (Å²) in [6.45, 7) is 19.3. The zero-order chi connectivity index (χ0) is 19.8. The average molecular weight is 375 g/mol. The Kier molecular flexibility index (Phi) is 9.91. The molecule has 1 aliphatic carbocycles. The van der Waals surface area contributed by atoms with Gasteiger partial charge in [0, 0.05) is 0 Å². The molecule has 0 aliphatic heterocycles. The molecule has 1 aromatic carbocycles. The first kappa shape index (κ1) is 24.1. The van der Waals surface area contributed by atoms with Gasteiger partial charge in [-0.05, 0) is 35.6 Å². The minimum Gasteiger partial charge on any atom is -0.508 e. The number of benzene rings is 1. The van der Waals surface area contributed by atoms with Crippen LogP contribution in [0.4, 0.5) is 0 Å². The smallest absolute Gasteiger partial charge is 0.116 e. The van der Waals surface area contributed by atoms with Crippen molar-refractivity contribution in [3.8, 4) is 5.75 Å². The Morgan fingerprint density at radius 1 is 1.00 bits per heavy atom. The van der Waals surface area contributed by atoms with E-state index in [-0.39, 0.29) is 5.41 Å². The van der Waals surface area contributed by atoms with Crippen LogP contribution in [0.3, 0.4) is 0 Å². The summed E-state index contributed by atoms with van der Waals surface area (Å²) in [5, 5.41) is 9.36. The van der Waals surface area contributed by atoms with E-state index < -0.39 is 0 Å². The summed E-state index contributed by atoms with van der Waals surface area (Å²) in [5.74, 6) is 0.361. The molecule has 0 spiro atoms. The molecular weight excluding hydrogens is 340 g/mol. The van der Waals surface area contributed by atoms with Gasteiger partial charge in [0.1, 0.15) is 5.75 Å². The first-order chi connectivity index (χ1) is 11.2. The average Bonchev–Trinajstić information content (AvgIpc) is 2.89. The molecule has 1 aromatic rings. The molecule has 0 aromatic heterocycles. The van der Waals surface area contributed by atoms with E-state index in [0.29, 0.717) is 11.2 Å². The normalized spacial score (nSPS) is 13.3. The Balaban J connectivity index is 0.000000391. The van der Waals surface area contributed by atoms with E-state index in [4.69, 9.17) is 0 Å². The molecule has 0 amide bonds. The van der Waals surface area contributed by atoms with Crippen LogP contribution in [0.15, 0.2) is 35.9 Å². The molecule has 2 rings (SSSR count). The van der Waals surface area contributed by atoms with Crippen molar-refractivity contribution in [1.29, 1.82) is 0 Å². The maximum Gasteiger partial charge on any atom is 0.116 e. The molecule has 0 bridgehead atoms. The van der Waals surface area contributed by atoms with Crippen LogP contribution in [0.1, 0.15) is 72.9 Å². The minimum absolute atomic E-state index is 0.115. The Labute approximate surface area is 167 Å². The molecule has 0 saturated carbocycles. The van der Waals surface area contributed by atoms with E-state index in [2.05, 4.69) is 99.7 Å². The van der Waals surface area contributed by atoms with Crippen molar-refractivity contribution in [3.63, 3.8) is 0 Å². The van der Waals surface area contributed by atoms with Crippen LogP contribution in [0.25, 0.3) is 0 Å². The van der Waals surface area contributed by atoms with Gasteiger partial charge in [-0.15, -0.1) is 6.42 Å². The number of allylic oxidation sites excluding steroid dienone is 4. The SMILES string of the molecule is CC(C)(C)C1=CC[C-]=C1.C[C](C)=[Ti+].Cc1cc(O)cc(C(C)(C)C)c1. The molecule has 25 heavy (non-hydrogen) atoms. The van der Waals surface area contributed by atoms with Crippen LogP contribution >= 0.6 is 0 Å². The van der Waals surface area contributed by atoms with Crippen LogP contribution in [-0.2, 0) is 25.4 Å². The quantitative estimate of drug-likeness (QED) is 0.407. The Morgan fingerprint density at radius 2 is 1.52 bits per heavy atom. The van der Waals surface area contributed by atoms with Gasteiger partial charge in [-0.2, -0.15) is 11.6 Å². The van der Waals surface area contributed by atoms with Crippen LogP contribution in [0.2, 0.25) is 0 Å². The van der Waals surface area contributed by atoms with Crippen molar-refractivity contribution >= 4 is 3.81 Å². The zero-order valence-electron chi connectivity index (χ0n) is 17.5. The number of phenols is 1. The summed E-state index contributed by atoms with van der Waals surface area (Å²) in [6, 6.07) is 5.71. The van der Waals surface area contributed by atoms with Gasteiger partial charge >= 0.3 is 37.6 Å². The molecule has 137 valence electrons. The summed E-state index contributed by atoms with van der Waals surface area (Å²) in [4.78, 5) is 0. The van der Waals surface area contributed by atoms with E-state index in [1.54, 1.807) is 6.07 Å². The van der Waals surface area contributed by atoms with Gasteiger partial charge in [0.05, 0.1) is 0 Å². The summed E-state index contributed by atoms with van der Waals surface area (Å²) >= 11 is 2.08. The second kappa shape index (κ2) is 10.3. The third-order valence-corrected chi connectivity index (χ3v) is 3.49. The molecule has 0 fully saturated rings. The summed E-state index contributed by atoms with van der Waals surface area (Å²) in [5.41, 5.74) is 4.15. The fourth-order valence-electron chi connectivity index (χ4n) is 2.12. The molecule has 0 radical (unpaired) electrons. The molecule has 1 nitrogen and oxygen atoms in total. The largest absolute Gasteiger partial charge is 0.508 e. The van der Waals surface area contributed by atoms with E-state index >= 15 is 0 Å². The maximum absolute atomic E-state index is 9.36. The Hall–Kier alpha value is -0.916. The second-order valence-electron chi connectivity index (χ2n) is 8.77. The maximum atomic E-state index is 9.36. The molecule has 0 saturated heterocycles. The topological polar surface area (TPSA) is 20.2 Å². The van der Waals surface area contributed by atoms with Crippen molar-refractivity contribution in [2.75, 3.05) is 0 Å². The van der Waals surface area contributed by atoms with Gasteiger partial charge in [0.15, 0.2) is 0 Å². The number of rotatable bonds is 0. The summed E-state index contributed by atoms with van der Waals surface area (Å²) in [7, 11) is 0. The van der Waals surface area contributed by atoms with Crippen LogP contribution in [-0.4, -0.2) is 8.92 Å². The van der Waals surface area contributed by atoms with Crippen molar-refractivity contribution < 1.29 is 25.1 Å². The number of hydrogen-bond acceptors (Lipinski definition) is 1. The first-order valence-corrected chi connectivity index (χ1v) is 9.61. The zero-order valence-corrected chi connectivity index (χ0v) is 19.1.